The lowest BCUT2D eigenvalue weighted by Crippen LogP contribution is -2.01. The van der Waals surface area contributed by atoms with Crippen molar-refractivity contribution in [2.24, 2.45) is 0 Å². The summed E-state index contributed by atoms with van der Waals surface area (Å²) in [4.78, 5) is 0. The number of aromatic nitrogens is 3. The maximum atomic E-state index is 6.25. The number of hydrogen-bond acceptors (Lipinski definition) is 4. The van der Waals surface area contributed by atoms with Gasteiger partial charge in [-0.1, -0.05) is 53.2 Å². The number of benzene rings is 2. The van der Waals surface area contributed by atoms with E-state index in [1.54, 1.807) is 18.9 Å². The first-order valence-electron chi connectivity index (χ1n) is 7.78. The molecule has 0 amide bonds. The predicted molar refractivity (Wildman–Crippen MR) is 104 cm³/mol. The zero-order valence-corrected chi connectivity index (χ0v) is 16.2. The third-order valence-electron chi connectivity index (χ3n) is 3.79. The molecule has 0 N–H and O–H groups in total. The predicted octanol–water partition coefficient (Wildman–Crippen LogP) is 5.57. The van der Waals surface area contributed by atoms with Crippen molar-refractivity contribution in [1.29, 1.82) is 0 Å². The van der Waals surface area contributed by atoms with Crippen LogP contribution in [0.25, 0.3) is 11.4 Å². The Labute approximate surface area is 161 Å². The number of halogens is 2. The smallest absolute Gasteiger partial charge is 0.191 e. The molecule has 7 heteroatoms. The molecule has 0 atom stereocenters. The standard InChI is InChI=1S/C18H17Cl2N3OS/c1-3-23-17(12-7-4-5-10-16(12)24-2)21-22-18(23)25-11-13-14(19)8-6-9-15(13)20/h4-10H,3,11H2,1-2H3. The molecular formula is C18H17Cl2N3OS. The first kappa shape index (κ1) is 18.1. The molecule has 0 spiro atoms. The normalized spacial score (nSPS) is 10.9. The molecule has 3 aromatic rings. The molecule has 0 bridgehead atoms. The molecule has 1 heterocycles. The topological polar surface area (TPSA) is 39.9 Å². The Morgan fingerprint density at radius 3 is 2.44 bits per heavy atom. The van der Waals surface area contributed by atoms with Crippen molar-refractivity contribution in [3.8, 4) is 17.1 Å². The number of ether oxygens (including phenoxy) is 1. The monoisotopic (exact) mass is 393 g/mol. The van der Waals surface area contributed by atoms with Crippen molar-refractivity contribution in [2.45, 2.75) is 24.4 Å². The van der Waals surface area contributed by atoms with Crippen LogP contribution in [0.1, 0.15) is 12.5 Å². The molecule has 4 nitrogen and oxygen atoms in total. The van der Waals surface area contributed by atoms with Crippen LogP contribution in [0.2, 0.25) is 10.0 Å². The molecule has 0 saturated heterocycles. The summed E-state index contributed by atoms with van der Waals surface area (Å²) in [7, 11) is 1.65. The Kier molecular flexibility index (Phi) is 5.89. The maximum Gasteiger partial charge on any atom is 0.191 e. The lowest BCUT2D eigenvalue weighted by atomic mass is 10.2. The van der Waals surface area contributed by atoms with Gasteiger partial charge in [-0.05, 0) is 36.8 Å². The van der Waals surface area contributed by atoms with Gasteiger partial charge in [0, 0.05) is 22.3 Å². The molecule has 1 aromatic heterocycles. The van der Waals surface area contributed by atoms with E-state index in [0.717, 1.165) is 34.4 Å². The van der Waals surface area contributed by atoms with E-state index < -0.39 is 0 Å². The SMILES string of the molecule is CCn1c(SCc2c(Cl)cccc2Cl)nnc1-c1ccccc1OC. The highest BCUT2D eigenvalue weighted by atomic mass is 35.5. The molecule has 2 aromatic carbocycles. The maximum absolute atomic E-state index is 6.25. The summed E-state index contributed by atoms with van der Waals surface area (Å²) in [6.45, 7) is 2.81. The van der Waals surface area contributed by atoms with Crippen LogP contribution in [0, 0.1) is 0 Å². The molecule has 0 radical (unpaired) electrons. The quantitative estimate of drug-likeness (QED) is 0.513. The number of thioether (sulfide) groups is 1. The number of rotatable bonds is 6. The van der Waals surface area contributed by atoms with Gasteiger partial charge in [0.05, 0.1) is 12.7 Å². The van der Waals surface area contributed by atoms with Crippen LogP contribution >= 0.6 is 35.0 Å². The van der Waals surface area contributed by atoms with E-state index >= 15 is 0 Å². The summed E-state index contributed by atoms with van der Waals surface area (Å²) >= 11 is 14.1. The fourth-order valence-corrected chi connectivity index (χ4v) is 4.26. The van der Waals surface area contributed by atoms with E-state index in [1.165, 1.54) is 0 Å². The van der Waals surface area contributed by atoms with Gasteiger partial charge in [0.1, 0.15) is 5.75 Å². The summed E-state index contributed by atoms with van der Waals surface area (Å²) in [5.41, 5.74) is 1.82. The third-order valence-corrected chi connectivity index (χ3v) is 5.49. The summed E-state index contributed by atoms with van der Waals surface area (Å²) in [5.74, 6) is 2.19. The number of methoxy groups -OCH3 is 1. The van der Waals surface area contributed by atoms with Gasteiger partial charge in [-0.15, -0.1) is 10.2 Å². The third kappa shape index (κ3) is 3.78. The highest BCUT2D eigenvalue weighted by molar-refractivity contribution is 7.98. The van der Waals surface area contributed by atoms with Crippen LogP contribution < -0.4 is 4.74 Å². The van der Waals surface area contributed by atoms with Crippen molar-refractivity contribution in [2.75, 3.05) is 7.11 Å². The molecule has 0 saturated carbocycles. The molecular weight excluding hydrogens is 377 g/mol. The van der Waals surface area contributed by atoms with E-state index in [0.29, 0.717) is 15.8 Å². The highest BCUT2D eigenvalue weighted by Gasteiger charge is 2.17. The summed E-state index contributed by atoms with van der Waals surface area (Å²) in [6, 6.07) is 13.3. The van der Waals surface area contributed by atoms with E-state index in [-0.39, 0.29) is 0 Å². The Morgan fingerprint density at radius 2 is 1.76 bits per heavy atom. The summed E-state index contributed by atoms with van der Waals surface area (Å²) < 4.78 is 7.51. The lowest BCUT2D eigenvalue weighted by Gasteiger charge is -2.11. The second kappa shape index (κ2) is 8.13. The first-order chi connectivity index (χ1) is 12.2. The minimum atomic E-state index is 0.628. The average molecular weight is 394 g/mol. The zero-order valence-electron chi connectivity index (χ0n) is 13.9. The van der Waals surface area contributed by atoms with Crippen molar-refractivity contribution < 1.29 is 4.74 Å². The van der Waals surface area contributed by atoms with Gasteiger partial charge < -0.3 is 9.30 Å². The van der Waals surface area contributed by atoms with E-state index in [2.05, 4.69) is 21.7 Å². The molecule has 3 rings (SSSR count). The molecule has 0 unspecified atom stereocenters. The zero-order chi connectivity index (χ0) is 17.8. The van der Waals surface area contributed by atoms with Crippen LogP contribution in [0.5, 0.6) is 5.75 Å². The number of hydrogen-bond donors (Lipinski definition) is 0. The summed E-state index contributed by atoms with van der Waals surface area (Å²) in [6.07, 6.45) is 0. The van der Waals surface area contributed by atoms with E-state index in [9.17, 15) is 0 Å². The van der Waals surface area contributed by atoms with Gasteiger partial charge in [0.25, 0.3) is 0 Å². The van der Waals surface area contributed by atoms with Gasteiger partial charge in [-0.3, -0.25) is 0 Å². The van der Waals surface area contributed by atoms with Crippen molar-refractivity contribution in [3.05, 3.63) is 58.1 Å². The Bertz CT molecular complexity index is 862. The molecule has 0 fully saturated rings. The second-order valence-corrected chi connectivity index (χ2v) is 7.00. The Morgan fingerprint density at radius 1 is 1.04 bits per heavy atom. The van der Waals surface area contributed by atoms with Gasteiger partial charge in [0.15, 0.2) is 11.0 Å². The molecule has 130 valence electrons. The van der Waals surface area contributed by atoms with Crippen molar-refractivity contribution in [1.82, 2.24) is 14.8 Å². The first-order valence-corrected chi connectivity index (χ1v) is 9.52. The second-order valence-electron chi connectivity index (χ2n) is 5.24. The average Bonchev–Trinajstić information content (AvgIpc) is 3.04. The largest absolute Gasteiger partial charge is 0.496 e. The van der Waals surface area contributed by atoms with Crippen LogP contribution in [0.4, 0.5) is 0 Å². The lowest BCUT2D eigenvalue weighted by molar-refractivity contribution is 0.416. The Balaban J connectivity index is 1.90. The van der Waals surface area contributed by atoms with E-state index in [4.69, 9.17) is 27.9 Å². The minimum absolute atomic E-state index is 0.628. The van der Waals surface area contributed by atoms with Gasteiger partial charge in [-0.2, -0.15) is 0 Å². The van der Waals surface area contributed by atoms with Crippen LogP contribution in [0.3, 0.4) is 0 Å². The van der Waals surface area contributed by atoms with Gasteiger partial charge in [-0.25, -0.2) is 0 Å². The van der Waals surface area contributed by atoms with Crippen LogP contribution in [-0.2, 0) is 12.3 Å². The van der Waals surface area contributed by atoms with Gasteiger partial charge >= 0.3 is 0 Å². The molecule has 0 aliphatic rings. The van der Waals surface area contributed by atoms with E-state index in [1.807, 2.05) is 42.5 Å². The fourth-order valence-electron chi connectivity index (χ4n) is 2.52. The minimum Gasteiger partial charge on any atom is -0.496 e. The van der Waals surface area contributed by atoms with Crippen molar-refractivity contribution in [3.63, 3.8) is 0 Å². The highest BCUT2D eigenvalue weighted by Crippen LogP contribution is 2.34. The van der Waals surface area contributed by atoms with Crippen LogP contribution in [0.15, 0.2) is 47.6 Å². The molecule has 0 aliphatic carbocycles. The molecule has 0 aliphatic heterocycles. The molecule has 25 heavy (non-hydrogen) atoms. The number of nitrogens with zero attached hydrogens (tertiary/aromatic N) is 3. The fraction of sp³-hybridized carbons (Fsp3) is 0.222. The Hall–Kier alpha value is -1.69. The van der Waals surface area contributed by atoms with Crippen molar-refractivity contribution >= 4 is 35.0 Å². The number of para-hydroxylation sites is 1. The summed E-state index contributed by atoms with van der Waals surface area (Å²) in [5, 5.41) is 10.9. The van der Waals surface area contributed by atoms with Crippen LogP contribution in [-0.4, -0.2) is 21.9 Å². The van der Waals surface area contributed by atoms with Gasteiger partial charge in [0.2, 0.25) is 0 Å².